The Morgan fingerprint density at radius 3 is 2.29 bits per heavy atom. The molecule has 0 aliphatic heterocycles. The summed E-state index contributed by atoms with van der Waals surface area (Å²) in [4.78, 5) is 0. The van der Waals surface area contributed by atoms with Crippen molar-refractivity contribution in [1.29, 1.82) is 5.26 Å². The minimum atomic E-state index is -0.0498. The molecule has 1 heteroatoms. The molecule has 0 amide bonds. The molecular formula is C13H11N. The first-order chi connectivity index (χ1) is 6.92. The van der Waals surface area contributed by atoms with Crippen LogP contribution in [0.2, 0.25) is 0 Å². The van der Waals surface area contributed by atoms with E-state index in [9.17, 15) is 0 Å². The molecule has 0 saturated heterocycles. The van der Waals surface area contributed by atoms with E-state index in [1.54, 1.807) is 0 Å². The minimum absolute atomic E-state index is 0.0498. The highest BCUT2D eigenvalue weighted by atomic mass is 14.3. The number of nitrogens with zero attached hydrogens (tertiary/aromatic N) is 1. The highest BCUT2D eigenvalue weighted by Gasteiger charge is 2.19. The number of benzene rings is 1. The van der Waals surface area contributed by atoms with E-state index in [2.05, 4.69) is 18.2 Å². The van der Waals surface area contributed by atoms with E-state index in [1.165, 1.54) is 0 Å². The standard InChI is InChI=1S/C13H11N/c14-10-13(12-8-4-5-9-12)11-6-2-1-3-7-11/h1-9,12-13H. The average Bonchev–Trinajstić information content (AvgIpc) is 2.74. The van der Waals surface area contributed by atoms with Crippen LogP contribution in [0.1, 0.15) is 11.5 Å². The molecule has 1 atom stereocenters. The zero-order valence-corrected chi connectivity index (χ0v) is 7.80. The van der Waals surface area contributed by atoms with E-state index in [4.69, 9.17) is 5.26 Å². The molecule has 0 saturated carbocycles. The third kappa shape index (κ3) is 1.60. The van der Waals surface area contributed by atoms with Crippen molar-refractivity contribution >= 4 is 0 Å². The molecule has 0 N–H and O–H groups in total. The lowest BCUT2D eigenvalue weighted by Crippen LogP contribution is -2.04. The average molecular weight is 181 g/mol. The van der Waals surface area contributed by atoms with E-state index in [1.807, 2.05) is 42.5 Å². The first kappa shape index (κ1) is 8.77. The normalized spacial score (nSPS) is 16.8. The van der Waals surface area contributed by atoms with E-state index < -0.39 is 0 Å². The van der Waals surface area contributed by atoms with Gasteiger partial charge in [0.15, 0.2) is 0 Å². The molecule has 1 aliphatic carbocycles. The minimum Gasteiger partial charge on any atom is -0.198 e. The van der Waals surface area contributed by atoms with Gasteiger partial charge in [-0.1, -0.05) is 54.6 Å². The Bertz CT molecular complexity index is 383. The van der Waals surface area contributed by atoms with Crippen LogP contribution in [0.15, 0.2) is 54.6 Å². The van der Waals surface area contributed by atoms with Gasteiger partial charge in [-0.15, -0.1) is 0 Å². The maximum atomic E-state index is 9.12. The van der Waals surface area contributed by atoms with Crippen molar-refractivity contribution in [3.8, 4) is 6.07 Å². The molecule has 1 unspecified atom stereocenters. The molecule has 1 nitrogen and oxygen atoms in total. The Labute approximate surface area is 84.0 Å². The fourth-order valence-electron chi connectivity index (χ4n) is 1.71. The molecule has 2 rings (SSSR count). The molecule has 0 radical (unpaired) electrons. The summed E-state index contributed by atoms with van der Waals surface area (Å²) in [7, 11) is 0. The molecule has 0 fully saturated rings. The van der Waals surface area contributed by atoms with Gasteiger partial charge in [0.25, 0.3) is 0 Å². The Morgan fingerprint density at radius 2 is 1.71 bits per heavy atom. The van der Waals surface area contributed by atoms with Crippen LogP contribution in [0.4, 0.5) is 0 Å². The quantitative estimate of drug-likeness (QED) is 0.688. The molecule has 0 aromatic heterocycles. The maximum absolute atomic E-state index is 9.12. The topological polar surface area (TPSA) is 23.8 Å². The fourth-order valence-corrected chi connectivity index (χ4v) is 1.71. The zero-order valence-electron chi connectivity index (χ0n) is 7.80. The summed E-state index contributed by atoms with van der Waals surface area (Å²) in [6.07, 6.45) is 8.14. The van der Waals surface area contributed by atoms with Crippen LogP contribution in [0.3, 0.4) is 0 Å². The lowest BCUT2D eigenvalue weighted by atomic mass is 9.88. The number of nitriles is 1. The summed E-state index contributed by atoms with van der Waals surface area (Å²) in [5.41, 5.74) is 1.09. The molecule has 68 valence electrons. The van der Waals surface area contributed by atoms with E-state index in [0.29, 0.717) is 0 Å². The molecule has 1 aliphatic rings. The lowest BCUT2D eigenvalue weighted by molar-refractivity contribution is 0.727. The van der Waals surface area contributed by atoms with Crippen LogP contribution < -0.4 is 0 Å². The third-order valence-corrected chi connectivity index (χ3v) is 2.46. The van der Waals surface area contributed by atoms with Crippen molar-refractivity contribution in [2.45, 2.75) is 5.92 Å². The van der Waals surface area contributed by atoms with E-state index in [0.717, 1.165) is 5.56 Å². The second kappa shape index (κ2) is 3.93. The van der Waals surface area contributed by atoms with Gasteiger partial charge in [-0.25, -0.2) is 0 Å². The maximum Gasteiger partial charge on any atom is 0.0810 e. The highest BCUT2D eigenvalue weighted by Crippen LogP contribution is 2.28. The Kier molecular flexibility index (Phi) is 2.46. The van der Waals surface area contributed by atoms with E-state index >= 15 is 0 Å². The molecule has 0 spiro atoms. The van der Waals surface area contributed by atoms with Gasteiger partial charge in [0.05, 0.1) is 12.0 Å². The first-order valence-electron chi connectivity index (χ1n) is 4.71. The van der Waals surface area contributed by atoms with Crippen LogP contribution in [0.5, 0.6) is 0 Å². The largest absolute Gasteiger partial charge is 0.198 e. The predicted octanol–water partition coefficient (Wildman–Crippen LogP) is 3.04. The summed E-state index contributed by atoms with van der Waals surface area (Å²) in [6, 6.07) is 12.3. The summed E-state index contributed by atoms with van der Waals surface area (Å²) >= 11 is 0. The monoisotopic (exact) mass is 181 g/mol. The van der Waals surface area contributed by atoms with Crippen LogP contribution >= 0.6 is 0 Å². The number of hydrogen-bond acceptors (Lipinski definition) is 1. The van der Waals surface area contributed by atoms with Crippen LogP contribution in [-0.4, -0.2) is 0 Å². The summed E-state index contributed by atoms with van der Waals surface area (Å²) in [5.74, 6) is 0.189. The fraction of sp³-hybridized carbons (Fsp3) is 0.154. The van der Waals surface area contributed by atoms with Crippen LogP contribution in [0, 0.1) is 17.2 Å². The molecular weight excluding hydrogens is 170 g/mol. The van der Waals surface area contributed by atoms with Gasteiger partial charge >= 0.3 is 0 Å². The Hall–Kier alpha value is -1.81. The number of rotatable bonds is 2. The smallest absolute Gasteiger partial charge is 0.0810 e. The second-order valence-electron chi connectivity index (χ2n) is 3.36. The highest BCUT2D eigenvalue weighted by molar-refractivity contribution is 5.32. The molecule has 0 heterocycles. The zero-order chi connectivity index (χ0) is 9.80. The van der Waals surface area contributed by atoms with Gasteiger partial charge in [-0.05, 0) is 5.56 Å². The molecule has 0 bridgehead atoms. The van der Waals surface area contributed by atoms with Gasteiger partial charge in [-0.2, -0.15) is 5.26 Å². The first-order valence-corrected chi connectivity index (χ1v) is 4.71. The van der Waals surface area contributed by atoms with Crippen molar-refractivity contribution in [2.75, 3.05) is 0 Å². The van der Waals surface area contributed by atoms with Gasteiger partial charge in [-0.3, -0.25) is 0 Å². The SMILES string of the molecule is N#CC(c1ccccc1)C1C=CC=C1. The third-order valence-electron chi connectivity index (χ3n) is 2.46. The van der Waals surface area contributed by atoms with Gasteiger partial charge in [0, 0.05) is 5.92 Å². The molecule has 1 aromatic rings. The van der Waals surface area contributed by atoms with Crippen LogP contribution in [-0.2, 0) is 0 Å². The van der Waals surface area contributed by atoms with E-state index in [-0.39, 0.29) is 11.8 Å². The number of allylic oxidation sites excluding steroid dienone is 4. The Balaban J connectivity index is 2.27. The Morgan fingerprint density at radius 1 is 1.07 bits per heavy atom. The van der Waals surface area contributed by atoms with Crippen molar-refractivity contribution in [2.24, 2.45) is 5.92 Å². The number of hydrogen-bond donors (Lipinski definition) is 0. The van der Waals surface area contributed by atoms with Gasteiger partial charge in [0.2, 0.25) is 0 Å². The summed E-state index contributed by atoms with van der Waals surface area (Å²) < 4.78 is 0. The van der Waals surface area contributed by atoms with Crippen molar-refractivity contribution in [1.82, 2.24) is 0 Å². The molecule has 14 heavy (non-hydrogen) atoms. The van der Waals surface area contributed by atoms with Gasteiger partial charge in [0.1, 0.15) is 0 Å². The lowest BCUT2D eigenvalue weighted by Gasteiger charge is -2.13. The molecule has 1 aromatic carbocycles. The predicted molar refractivity (Wildman–Crippen MR) is 56.6 cm³/mol. The summed E-state index contributed by atoms with van der Waals surface area (Å²) in [5, 5.41) is 9.12. The van der Waals surface area contributed by atoms with Crippen molar-refractivity contribution in [3.63, 3.8) is 0 Å². The second-order valence-corrected chi connectivity index (χ2v) is 3.36. The van der Waals surface area contributed by atoms with Crippen molar-refractivity contribution < 1.29 is 0 Å². The summed E-state index contributed by atoms with van der Waals surface area (Å²) in [6.45, 7) is 0. The van der Waals surface area contributed by atoms with Crippen molar-refractivity contribution in [3.05, 3.63) is 60.2 Å². The van der Waals surface area contributed by atoms with Gasteiger partial charge < -0.3 is 0 Å². The van der Waals surface area contributed by atoms with Crippen LogP contribution in [0.25, 0.3) is 0 Å².